The standard InChI is InChI=1S/C11H7BrN4O/c12-9-5-6-10(16-15-9)13-7-3-1-2-4-8(7)14-11(6)17/h1-5H,(H,13,16)(H,14,17). The lowest BCUT2D eigenvalue weighted by Gasteiger charge is -2.05. The number of carbonyl (C=O) groups excluding carboxylic acids is 1. The first-order valence-electron chi connectivity index (χ1n) is 4.95. The van der Waals surface area contributed by atoms with Gasteiger partial charge in [0.1, 0.15) is 4.60 Å². The van der Waals surface area contributed by atoms with Crippen LogP contribution in [0.2, 0.25) is 0 Å². The van der Waals surface area contributed by atoms with E-state index >= 15 is 0 Å². The number of carbonyl (C=O) groups is 1. The van der Waals surface area contributed by atoms with Gasteiger partial charge < -0.3 is 10.6 Å². The van der Waals surface area contributed by atoms with E-state index in [1.807, 2.05) is 24.3 Å². The Bertz CT molecular complexity index is 614. The van der Waals surface area contributed by atoms with Crippen molar-refractivity contribution in [3.8, 4) is 0 Å². The summed E-state index contributed by atoms with van der Waals surface area (Å²) in [6.45, 7) is 0. The number of para-hydroxylation sites is 2. The summed E-state index contributed by atoms with van der Waals surface area (Å²) in [4.78, 5) is 12.0. The molecule has 2 aromatic rings. The quantitative estimate of drug-likeness (QED) is 0.782. The van der Waals surface area contributed by atoms with Gasteiger partial charge in [-0.15, -0.1) is 10.2 Å². The van der Waals surface area contributed by atoms with Crippen molar-refractivity contribution in [1.82, 2.24) is 10.2 Å². The van der Waals surface area contributed by atoms with Gasteiger partial charge in [0, 0.05) is 0 Å². The highest BCUT2D eigenvalue weighted by atomic mass is 79.9. The van der Waals surface area contributed by atoms with Crippen LogP contribution in [0.3, 0.4) is 0 Å². The van der Waals surface area contributed by atoms with Gasteiger partial charge in [0.15, 0.2) is 5.82 Å². The van der Waals surface area contributed by atoms with Crippen molar-refractivity contribution in [3.63, 3.8) is 0 Å². The Labute approximate surface area is 105 Å². The molecule has 1 aliphatic heterocycles. The maximum absolute atomic E-state index is 12.0. The van der Waals surface area contributed by atoms with E-state index in [2.05, 4.69) is 36.8 Å². The SMILES string of the molecule is O=C1Nc2ccccc2Nc2nnc(Br)cc21. The van der Waals surface area contributed by atoms with Crippen LogP contribution < -0.4 is 10.6 Å². The van der Waals surface area contributed by atoms with Gasteiger partial charge in [-0.25, -0.2) is 0 Å². The van der Waals surface area contributed by atoms with E-state index in [1.54, 1.807) is 6.07 Å². The topological polar surface area (TPSA) is 66.9 Å². The number of hydrogen-bond acceptors (Lipinski definition) is 4. The molecule has 2 heterocycles. The summed E-state index contributed by atoms with van der Waals surface area (Å²) in [5.41, 5.74) is 1.99. The minimum absolute atomic E-state index is 0.201. The Morgan fingerprint density at radius 1 is 1.06 bits per heavy atom. The smallest absolute Gasteiger partial charge is 0.259 e. The third-order valence-corrected chi connectivity index (χ3v) is 2.82. The van der Waals surface area contributed by atoms with Gasteiger partial charge in [0.2, 0.25) is 0 Å². The summed E-state index contributed by atoms with van der Waals surface area (Å²) < 4.78 is 0.527. The van der Waals surface area contributed by atoms with E-state index < -0.39 is 0 Å². The summed E-state index contributed by atoms with van der Waals surface area (Å²) >= 11 is 3.20. The summed E-state index contributed by atoms with van der Waals surface area (Å²) in [5, 5.41) is 13.7. The fraction of sp³-hybridized carbons (Fsp3) is 0. The van der Waals surface area contributed by atoms with Gasteiger partial charge >= 0.3 is 0 Å². The van der Waals surface area contributed by atoms with Crippen molar-refractivity contribution >= 4 is 39.0 Å². The van der Waals surface area contributed by atoms with Crippen molar-refractivity contribution in [1.29, 1.82) is 0 Å². The molecule has 0 spiro atoms. The fourth-order valence-electron chi connectivity index (χ4n) is 1.65. The van der Waals surface area contributed by atoms with Crippen LogP contribution in [-0.2, 0) is 0 Å². The largest absolute Gasteiger partial charge is 0.336 e. The van der Waals surface area contributed by atoms with Crippen LogP contribution in [-0.4, -0.2) is 16.1 Å². The first-order chi connectivity index (χ1) is 8.24. The number of benzene rings is 1. The second kappa shape index (κ2) is 3.81. The van der Waals surface area contributed by atoms with Crippen molar-refractivity contribution in [2.75, 3.05) is 10.6 Å². The van der Waals surface area contributed by atoms with Gasteiger partial charge in [-0.2, -0.15) is 0 Å². The van der Waals surface area contributed by atoms with E-state index in [4.69, 9.17) is 0 Å². The molecular weight excluding hydrogens is 284 g/mol. The number of nitrogens with zero attached hydrogens (tertiary/aromatic N) is 2. The molecular formula is C11H7BrN4O. The predicted molar refractivity (Wildman–Crippen MR) is 67.4 cm³/mol. The Balaban J connectivity index is 2.17. The number of amides is 1. The Kier molecular flexibility index (Phi) is 2.29. The molecule has 3 rings (SSSR count). The first kappa shape index (κ1) is 10.2. The fourth-order valence-corrected chi connectivity index (χ4v) is 1.96. The van der Waals surface area contributed by atoms with Crippen molar-refractivity contribution < 1.29 is 4.79 Å². The molecule has 0 saturated heterocycles. The lowest BCUT2D eigenvalue weighted by atomic mass is 10.2. The third-order valence-electron chi connectivity index (χ3n) is 2.44. The molecule has 0 saturated carbocycles. The number of anilines is 3. The summed E-state index contributed by atoms with van der Waals surface area (Å²) in [6.07, 6.45) is 0. The molecule has 0 aliphatic carbocycles. The lowest BCUT2D eigenvalue weighted by Crippen LogP contribution is -2.11. The minimum atomic E-state index is -0.201. The molecule has 5 nitrogen and oxygen atoms in total. The highest BCUT2D eigenvalue weighted by molar-refractivity contribution is 9.10. The second-order valence-corrected chi connectivity index (χ2v) is 4.37. The monoisotopic (exact) mass is 290 g/mol. The van der Waals surface area contributed by atoms with Crippen LogP contribution in [0, 0.1) is 0 Å². The molecule has 1 amide bonds. The molecule has 1 aromatic carbocycles. The van der Waals surface area contributed by atoms with Gasteiger partial charge in [0.25, 0.3) is 5.91 Å². The normalized spacial score (nSPS) is 12.9. The zero-order valence-electron chi connectivity index (χ0n) is 8.57. The number of halogens is 1. The molecule has 0 bridgehead atoms. The molecule has 2 N–H and O–H groups in total. The number of hydrogen-bond donors (Lipinski definition) is 2. The van der Waals surface area contributed by atoms with E-state index in [1.165, 1.54) is 0 Å². The number of aromatic nitrogens is 2. The molecule has 0 radical (unpaired) electrons. The predicted octanol–water partition coefficient (Wildman–Crippen LogP) is 2.55. The maximum Gasteiger partial charge on any atom is 0.259 e. The van der Waals surface area contributed by atoms with E-state index in [0.717, 1.165) is 11.4 Å². The molecule has 0 atom stereocenters. The van der Waals surface area contributed by atoms with E-state index in [9.17, 15) is 4.79 Å². The van der Waals surface area contributed by atoms with Crippen molar-refractivity contribution in [3.05, 3.63) is 40.5 Å². The highest BCUT2D eigenvalue weighted by Gasteiger charge is 2.20. The zero-order valence-corrected chi connectivity index (χ0v) is 10.2. The number of nitrogens with one attached hydrogen (secondary N) is 2. The number of fused-ring (bicyclic) bond motifs is 2. The molecule has 1 aromatic heterocycles. The Morgan fingerprint density at radius 2 is 1.76 bits per heavy atom. The summed E-state index contributed by atoms with van der Waals surface area (Å²) in [5.74, 6) is 0.253. The van der Waals surface area contributed by atoms with Gasteiger partial charge in [-0.3, -0.25) is 4.79 Å². The lowest BCUT2D eigenvalue weighted by molar-refractivity contribution is 0.102. The average Bonchev–Trinajstić information content (AvgIpc) is 2.46. The summed E-state index contributed by atoms with van der Waals surface area (Å²) in [7, 11) is 0. The molecule has 0 unspecified atom stereocenters. The third kappa shape index (κ3) is 1.76. The van der Waals surface area contributed by atoms with Crippen LogP contribution in [0.5, 0.6) is 0 Å². The van der Waals surface area contributed by atoms with Crippen LogP contribution in [0.15, 0.2) is 34.9 Å². The van der Waals surface area contributed by atoms with E-state index in [0.29, 0.717) is 16.0 Å². The Morgan fingerprint density at radius 3 is 2.53 bits per heavy atom. The van der Waals surface area contributed by atoms with Crippen LogP contribution in [0.1, 0.15) is 10.4 Å². The Hall–Kier alpha value is -1.95. The molecule has 1 aliphatic rings. The van der Waals surface area contributed by atoms with Crippen molar-refractivity contribution in [2.45, 2.75) is 0 Å². The minimum Gasteiger partial charge on any atom is -0.336 e. The molecule has 6 heteroatoms. The average molecular weight is 291 g/mol. The highest BCUT2D eigenvalue weighted by Crippen LogP contribution is 2.30. The van der Waals surface area contributed by atoms with Crippen LogP contribution >= 0.6 is 15.9 Å². The van der Waals surface area contributed by atoms with Crippen LogP contribution in [0.25, 0.3) is 0 Å². The number of rotatable bonds is 0. The summed E-state index contributed by atoms with van der Waals surface area (Å²) in [6, 6.07) is 9.08. The van der Waals surface area contributed by atoms with Gasteiger partial charge in [-0.05, 0) is 34.1 Å². The van der Waals surface area contributed by atoms with Crippen molar-refractivity contribution in [2.24, 2.45) is 0 Å². The second-order valence-electron chi connectivity index (χ2n) is 3.55. The zero-order chi connectivity index (χ0) is 11.8. The first-order valence-corrected chi connectivity index (χ1v) is 5.74. The van der Waals surface area contributed by atoms with Gasteiger partial charge in [-0.1, -0.05) is 12.1 Å². The van der Waals surface area contributed by atoms with Gasteiger partial charge in [0.05, 0.1) is 16.9 Å². The van der Waals surface area contributed by atoms with Crippen LogP contribution in [0.4, 0.5) is 17.2 Å². The maximum atomic E-state index is 12.0. The molecule has 84 valence electrons. The van der Waals surface area contributed by atoms with E-state index in [-0.39, 0.29) is 5.91 Å². The molecule has 0 fully saturated rings. The molecule has 17 heavy (non-hydrogen) atoms.